The Labute approximate surface area is 71.1 Å². The highest BCUT2D eigenvalue weighted by Crippen LogP contribution is 2.14. The Balaban J connectivity index is 2.92. The molecule has 0 aliphatic carbocycles. The maximum atomic E-state index is 4.40. The second kappa shape index (κ2) is 2.30. The van der Waals surface area contributed by atoms with E-state index in [1.807, 2.05) is 18.5 Å². The number of nitrogens with zero attached hydrogens (tertiary/aromatic N) is 3. The van der Waals surface area contributed by atoms with Crippen LogP contribution >= 0.6 is 0 Å². The fraction of sp³-hybridized carbons (Fsp3) is 0.333. The summed E-state index contributed by atoms with van der Waals surface area (Å²) in [5.74, 6) is 0. The van der Waals surface area contributed by atoms with Crippen molar-refractivity contribution in [2.75, 3.05) is 0 Å². The molecule has 0 fully saturated rings. The van der Waals surface area contributed by atoms with Crippen LogP contribution in [0, 0.1) is 13.8 Å². The molecule has 0 N–H and O–H groups in total. The Morgan fingerprint density at radius 3 is 2.83 bits per heavy atom. The highest BCUT2D eigenvalue weighted by Gasteiger charge is 2.03. The van der Waals surface area contributed by atoms with Crippen molar-refractivity contribution in [1.82, 2.24) is 14.5 Å². The lowest BCUT2D eigenvalue weighted by Gasteiger charge is -1.98. The minimum Gasteiger partial charge on any atom is -0.318 e. The van der Waals surface area contributed by atoms with Gasteiger partial charge < -0.3 is 4.57 Å². The van der Waals surface area contributed by atoms with Crippen molar-refractivity contribution in [2.45, 2.75) is 13.8 Å². The zero-order valence-electron chi connectivity index (χ0n) is 7.50. The second-order valence-corrected chi connectivity index (χ2v) is 3.11. The van der Waals surface area contributed by atoms with Gasteiger partial charge in [0.25, 0.3) is 0 Å². The van der Waals surface area contributed by atoms with Crippen LogP contribution in [-0.4, -0.2) is 14.5 Å². The standard InChI is InChI=1S/C9H11N3/c1-6-4-7(2)11-9-8(6)10-5-12(9)3/h4-5H,1-3H3. The number of pyridine rings is 1. The molecule has 0 bridgehead atoms. The van der Waals surface area contributed by atoms with E-state index >= 15 is 0 Å². The smallest absolute Gasteiger partial charge is 0.160 e. The predicted molar refractivity (Wildman–Crippen MR) is 48.0 cm³/mol. The van der Waals surface area contributed by atoms with E-state index in [0.29, 0.717) is 0 Å². The van der Waals surface area contributed by atoms with Crippen LogP contribution in [0.1, 0.15) is 11.3 Å². The molecule has 2 rings (SSSR count). The number of hydrogen-bond donors (Lipinski definition) is 0. The number of hydrogen-bond acceptors (Lipinski definition) is 2. The SMILES string of the molecule is Cc1cc(C)c2ncn(C)c2n1. The number of rotatable bonds is 0. The topological polar surface area (TPSA) is 30.7 Å². The predicted octanol–water partition coefficient (Wildman–Crippen LogP) is 1.59. The molecule has 2 heterocycles. The molecular formula is C9H11N3. The lowest BCUT2D eigenvalue weighted by atomic mass is 10.2. The summed E-state index contributed by atoms with van der Waals surface area (Å²) in [6, 6.07) is 2.05. The average Bonchev–Trinajstić information content (AvgIpc) is 2.33. The summed E-state index contributed by atoms with van der Waals surface area (Å²) < 4.78 is 1.94. The molecule has 0 saturated carbocycles. The molecule has 0 saturated heterocycles. The van der Waals surface area contributed by atoms with Gasteiger partial charge in [0.15, 0.2) is 5.65 Å². The fourth-order valence-corrected chi connectivity index (χ4v) is 1.41. The van der Waals surface area contributed by atoms with E-state index in [-0.39, 0.29) is 0 Å². The van der Waals surface area contributed by atoms with Crippen molar-refractivity contribution in [3.05, 3.63) is 23.7 Å². The first-order valence-electron chi connectivity index (χ1n) is 3.94. The summed E-state index contributed by atoms with van der Waals surface area (Å²) in [4.78, 5) is 8.66. The molecule has 62 valence electrons. The van der Waals surface area contributed by atoms with E-state index < -0.39 is 0 Å². The number of aryl methyl sites for hydroxylation is 3. The lowest BCUT2D eigenvalue weighted by Crippen LogP contribution is -1.91. The summed E-state index contributed by atoms with van der Waals surface area (Å²) in [7, 11) is 1.96. The number of aromatic nitrogens is 3. The maximum absolute atomic E-state index is 4.40. The molecule has 0 amide bonds. The van der Waals surface area contributed by atoms with Crippen molar-refractivity contribution >= 4 is 11.2 Å². The first kappa shape index (κ1) is 7.28. The summed E-state index contributed by atoms with van der Waals surface area (Å²) in [5.41, 5.74) is 4.21. The van der Waals surface area contributed by atoms with Crippen molar-refractivity contribution in [1.29, 1.82) is 0 Å². The largest absolute Gasteiger partial charge is 0.318 e. The summed E-state index contributed by atoms with van der Waals surface area (Å²) in [6.45, 7) is 4.06. The zero-order valence-corrected chi connectivity index (χ0v) is 7.50. The van der Waals surface area contributed by atoms with Crippen LogP contribution < -0.4 is 0 Å². The van der Waals surface area contributed by atoms with E-state index in [0.717, 1.165) is 16.9 Å². The third kappa shape index (κ3) is 0.897. The number of fused-ring (bicyclic) bond motifs is 1. The van der Waals surface area contributed by atoms with Gasteiger partial charge in [-0.1, -0.05) is 0 Å². The average molecular weight is 161 g/mol. The van der Waals surface area contributed by atoms with E-state index in [1.165, 1.54) is 5.56 Å². The van der Waals surface area contributed by atoms with Crippen LogP contribution in [0.4, 0.5) is 0 Å². The van der Waals surface area contributed by atoms with Crippen LogP contribution in [0.3, 0.4) is 0 Å². The van der Waals surface area contributed by atoms with Crippen LogP contribution in [0.15, 0.2) is 12.4 Å². The van der Waals surface area contributed by atoms with Gasteiger partial charge in [0.05, 0.1) is 6.33 Å². The van der Waals surface area contributed by atoms with Gasteiger partial charge >= 0.3 is 0 Å². The molecule has 3 heteroatoms. The van der Waals surface area contributed by atoms with Crippen molar-refractivity contribution in [3.8, 4) is 0 Å². The summed E-state index contributed by atoms with van der Waals surface area (Å²) in [6.07, 6.45) is 1.80. The third-order valence-electron chi connectivity index (χ3n) is 1.99. The van der Waals surface area contributed by atoms with E-state index in [4.69, 9.17) is 0 Å². The lowest BCUT2D eigenvalue weighted by molar-refractivity contribution is 0.927. The van der Waals surface area contributed by atoms with Gasteiger partial charge in [-0.3, -0.25) is 0 Å². The normalized spacial score (nSPS) is 10.9. The monoisotopic (exact) mass is 161 g/mol. The van der Waals surface area contributed by atoms with Gasteiger partial charge in [0.2, 0.25) is 0 Å². The Bertz CT molecular complexity index is 429. The summed E-state index contributed by atoms with van der Waals surface area (Å²) >= 11 is 0. The zero-order chi connectivity index (χ0) is 8.72. The Kier molecular flexibility index (Phi) is 1.40. The minimum atomic E-state index is 0.965. The van der Waals surface area contributed by atoms with Crippen molar-refractivity contribution in [2.24, 2.45) is 7.05 Å². The van der Waals surface area contributed by atoms with Crippen molar-refractivity contribution < 1.29 is 0 Å². The molecule has 0 unspecified atom stereocenters. The molecule has 0 radical (unpaired) electrons. The third-order valence-corrected chi connectivity index (χ3v) is 1.99. The van der Waals surface area contributed by atoms with Gasteiger partial charge in [-0.15, -0.1) is 0 Å². The Morgan fingerprint density at radius 2 is 2.08 bits per heavy atom. The molecule has 0 aliphatic heterocycles. The van der Waals surface area contributed by atoms with Crippen LogP contribution in [0.5, 0.6) is 0 Å². The maximum Gasteiger partial charge on any atom is 0.160 e. The molecule has 0 atom stereocenters. The van der Waals surface area contributed by atoms with Crippen molar-refractivity contribution in [3.63, 3.8) is 0 Å². The van der Waals surface area contributed by atoms with Gasteiger partial charge in [-0.05, 0) is 25.5 Å². The summed E-state index contributed by atoms with van der Waals surface area (Å²) in [5, 5.41) is 0. The van der Waals surface area contributed by atoms with E-state index in [2.05, 4.69) is 23.0 Å². The van der Waals surface area contributed by atoms with Crippen LogP contribution in [0.2, 0.25) is 0 Å². The van der Waals surface area contributed by atoms with Gasteiger partial charge in [-0.25, -0.2) is 9.97 Å². The second-order valence-electron chi connectivity index (χ2n) is 3.11. The molecule has 12 heavy (non-hydrogen) atoms. The van der Waals surface area contributed by atoms with E-state index in [1.54, 1.807) is 6.33 Å². The van der Waals surface area contributed by atoms with Gasteiger partial charge in [-0.2, -0.15) is 0 Å². The fourth-order valence-electron chi connectivity index (χ4n) is 1.41. The highest BCUT2D eigenvalue weighted by molar-refractivity contribution is 5.74. The quantitative estimate of drug-likeness (QED) is 0.587. The Morgan fingerprint density at radius 1 is 1.33 bits per heavy atom. The molecule has 3 nitrogen and oxygen atoms in total. The molecule has 2 aromatic heterocycles. The first-order valence-corrected chi connectivity index (χ1v) is 3.94. The minimum absolute atomic E-state index is 0.965. The van der Waals surface area contributed by atoms with Crippen LogP contribution in [-0.2, 0) is 7.05 Å². The molecular weight excluding hydrogens is 150 g/mol. The molecule has 0 aromatic carbocycles. The van der Waals surface area contributed by atoms with Crippen LogP contribution in [0.25, 0.3) is 11.2 Å². The molecule has 0 spiro atoms. The Hall–Kier alpha value is -1.38. The molecule has 0 aliphatic rings. The highest BCUT2D eigenvalue weighted by atomic mass is 15.1. The van der Waals surface area contributed by atoms with Gasteiger partial charge in [0.1, 0.15) is 5.52 Å². The van der Waals surface area contributed by atoms with Gasteiger partial charge in [0, 0.05) is 12.7 Å². The number of imidazole rings is 1. The first-order chi connectivity index (χ1) is 5.68. The molecule has 2 aromatic rings. The van der Waals surface area contributed by atoms with E-state index in [9.17, 15) is 0 Å².